The SMILES string of the molecule is COc1ccc(OC)c(-c2ccc(=O)n(Cc3ccccc3)n2)c1. The van der Waals surface area contributed by atoms with Gasteiger partial charge in [-0.3, -0.25) is 4.79 Å². The number of benzene rings is 2. The van der Waals surface area contributed by atoms with Gasteiger partial charge in [-0.2, -0.15) is 5.10 Å². The lowest BCUT2D eigenvalue weighted by molar-refractivity contribution is 0.404. The molecule has 0 saturated carbocycles. The average Bonchev–Trinajstić information content (AvgIpc) is 2.64. The first-order valence-electron chi connectivity index (χ1n) is 7.56. The first kappa shape index (κ1) is 15.8. The molecule has 0 fully saturated rings. The second kappa shape index (κ2) is 7.00. The Hall–Kier alpha value is -3.08. The van der Waals surface area contributed by atoms with Crippen molar-refractivity contribution in [3.63, 3.8) is 0 Å². The summed E-state index contributed by atoms with van der Waals surface area (Å²) in [5.74, 6) is 1.38. The zero-order chi connectivity index (χ0) is 16.9. The van der Waals surface area contributed by atoms with Crippen LogP contribution >= 0.6 is 0 Å². The first-order valence-corrected chi connectivity index (χ1v) is 7.56. The van der Waals surface area contributed by atoms with Crippen LogP contribution in [0.25, 0.3) is 11.3 Å². The summed E-state index contributed by atoms with van der Waals surface area (Å²) in [5.41, 5.74) is 2.30. The molecule has 5 heteroatoms. The Kier molecular flexibility index (Phi) is 4.61. The molecule has 0 aliphatic rings. The molecule has 0 atom stereocenters. The lowest BCUT2D eigenvalue weighted by atomic mass is 10.1. The van der Waals surface area contributed by atoms with Gasteiger partial charge in [0.15, 0.2) is 0 Å². The van der Waals surface area contributed by atoms with Gasteiger partial charge in [-0.25, -0.2) is 4.68 Å². The first-order chi connectivity index (χ1) is 11.7. The highest BCUT2D eigenvalue weighted by Gasteiger charge is 2.11. The molecule has 24 heavy (non-hydrogen) atoms. The van der Waals surface area contributed by atoms with Crippen molar-refractivity contribution in [2.75, 3.05) is 14.2 Å². The lowest BCUT2D eigenvalue weighted by Crippen LogP contribution is -2.22. The van der Waals surface area contributed by atoms with E-state index in [1.54, 1.807) is 20.3 Å². The quantitative estimate of drug-likeness (QED) is 0.725. The topological polar surface area (TPSA) is 53.4 Å². The van der Waals surface area contributed by atoms with E-state index < -0.39 is 0 Å². The van der Waals surface area contributed by atoms with Crippen LogP contribution in [-0.2, 0) is 6.54 Å². The fourth-order valence-electron chi connectivity index (χ4n) is 2.48. The van der Waals surface area contributed by atoms with Crippen molar-refractivity contribution in [2.24, 2.45) is 0 Å². The van der Waals surface area contributed by atoms with Crippen LogP contribution in [0.15, 0.2) is 65.5 Å². The molecule has 0 spiro atoms. The molecule has 3 aromatic rings. The predicted octanol–water partition coefficient (Wildman–Crippen LogP) is 2.98. The van der Waals surface area contributed by atoms with Crippen LogP contribution < -0.4 is 15.0 Å². The molecule has 0 aliphatic heterocycles. The standard InChI is InChI=1S/C19H18N2O3/c1-23-15-8-10-18(24-2)16(12-15)17-9-11-19(22)21(20-17)13-14-6-4-3-5-7-14/h3-12H,13H2,1-2H3. The summed E-state index contributed by atoms with van der Waals surface area (Å²) in [6, 6.07) is 18.5. The van der Waals surface area contributed by atoms with Gasteiger partial charge in [0.2, 0.25) is 0 Å². The zero-order valence-electron chi connectivity index (χ0n) is 13.6. The monoisotopic (exact) mass is 322 g/mol. The second-order valence-corrected chi connectivity index (χ2v) is 5.27. The summed E-state index contributed by atoms with van der Waals surface area (Å²) in [6.07, 6.45) is 0. The van der Waals surface area contributed by atoms with E-state index in [2.05, 4.69) is 5.10 Å². The van der Waals surface area contributed by atoms with E-state index in [4.69, 9.17) is 9.47 Å². The summed E-state index contributed by atoms with van der Waals surface area (Å²) >= 11 is 0. The van der Waals surface area contributed by atoms with Crippen molar-refractivity contribution in [1.82, 2.24) is 9.78 Å². The molecule has 5 nitrogen and oxygen atoms in total. The maximum Gasteiger partial charge on any atom is 0.267 e. The zero-order valence-corrected chi connectivity index (χ0v) is 13.6. The second-order valence-electron chi connectivity index (χ2n) is 5.27. The van der Waals surface area contributed by atoms with Crippen molar-refractivity contribution >= 4 is 0 Å². The molecular weight excluding hydrogens is 304 g/mol. The van der Waals surface area contributed by atoms with Crippen molar-refractivity contribution < 1.29 is 9.47 Å². The van der Waals surface area contributed by atoms with E-state index in [0.717, 1.165) is 11.1 Å². The van der Waals surface area contributed by atoms with Crippen molar-refractivity contribution in [1.29, 1.82) is 0 Å². The number of nitrogens with zero attached hydrogens (tertiary/aromatic N) is 2. The van der Waals surface area contributed by atoms with Crippen molar-refractivity contribution in [2.45, 2.75) is 6.54 Å². The summed E-state index contributed by atoms with van der Waals surface area (Å²) in [6.45, 7) is 0.416. The molecule has 0 aliphatic carbocycles. The number of hydrogen-bond donors (Lipinski definition) is 0. The van der Waals surface area contributed by atoms with Gasteiger partial charge in [0.05, 0.1) is 26.5 Å². The predicted molar refractivity (Wildman–Crippen MR) is 92.6 cm³/mol. The molecular formula is C19H18N2O3. The van der Waals surface area contributed by atoms with E-state index in [0.29, 0.717) is 23.7 Å². The van der Waals surface area contributed by atoms with Gasteiger partial charge in [0, 0.05) is 11.6 Å². The maximum absolute atomic E-state index is 12.1. The van der Waals surface area contributed by atoms with Gasteiger partial charge < -0.3 is 9.47 Å². The highest BCUT2D eigenvalue weighted by atomic mass is 16.5. The van der Waals surface area contributed by atoms with Crippen LogP contribution in [0.2, 0.25) is 0 Å². The van der Waals surface area contributed by atoms with Gasteiger partial charge in [-0.1, -0.05) is 30.3 Å². The fourth-order valence-corrected chi connectivity index (χ4v) is 2.48. The van der Waals surface area contributed by atoms with Crippen LogP contribution in [0.4, 0.5) is 0 Å². The van der Waals surface area contributed by atoms with E-state index in [9.17, 15) is 4.79 Å². The Labute approximate surface area is 140 Å². The highest BCUT2D eigenvalue weighted by Crippen LogP contribution is 2.31. The third kappa shape index (κ3) is 3.30. The van der Waals surface area contributed by atoms with E-state index in [-0.39, 0.29) is 5.56 Å². The van der Waals surface area contributed by atoms with Gasteiger partial charge in [-0.15, -0.1) is 0 Å². The Morgan fingerprint density at radius 1 is 0.958 bits per heavy atom. The number of hydrogen-bond acceptors (Lipinski definition) is 4. The molecule has 0 bridgehead atoms. The molecule has 1 aromatic heterocycles. The van der Waals surface area contributed by atoms with Crippen LogP contribution in [0, 0.1) is 0 Å². The smallest absolute Gasteiger partial charge is 0.267 e. The van der Waals surface area contributed by atoms with E-state index >= 15 is 0 Å². The van der Waals surface area contributed by atoms with Crippen molar-refractivity contribution in [3.8, 4) is 22.8 Å². The van der Waals surface area contributed by atoms with Gasteiger partial charge in [0.1, 0.15) is 11.5 Å². The van der Waals surface area contributed by atoms with Crippen LogP contribution in [-0.4, -0.2) is 24.0 Å². The lowest BCUT2D eigenvalue weighted by Gasteiger charge is -2.11. The molecule has 0 radical (unpaired) electrons. The fraction of sp³-hybridized carbons (Fsp3) is 0.158. The maximum atomic E-state index is 12.1. The van der Waals surface area contributed by atoms with Crippen LogP contribution in [0.5, 0.6) is 11.5 Å². The number of methoxy groups -OCH3 is 2. The summed E-state index contributed by atoms with van der Waals surface area (Å²) in [7, 11) is 3.21. The average molecular weight is 322 g/mol. The third-order valence-corrected chi connectivity index (χ3v) is 3.72. The van der Waals surface area contributed by atoms with Gasteiger partial charge in [-0.05, 0) is 29.8 Å². The molecule has 0 amide bonds. The van der Waals surface area contributed by atoms with Crippen molar-refractivity contribution in [3.05, 3.63) is 76.6 Å². The summed E-state index contributed by atoms with van der Waals surface area (Å²) in [5, 5.41) is 4.49. The summed E-state index contributed by atoms with van der Waals surface area (Å²) < 4.78 is 12.1. The molecule has 3 rings (SSSR count). The number of rotatable bonds is 5. The largest absolute Gasteiger partial charge is 0.497 e. The Bertz CT molecular complexity index is 889. The van der Waals surface area contributed by atoms with E-state index in [1.165, 1.54) is 10.7 Å². The normalized spacial score (nSPS) is 10.4. The van der Waals surface area contributed by atoms with E-state index in [1.807, 2.05) is 48.5 Å². The Morgan fingerprint density at radius 2 is 1.75 bits per heavy atom. The third-order valence-electron chi connectivity index (χ3n) is 3.72. The molecule has 2 aromatic carbocycles. The number of ether oxygens (including phenoxy) is 2. The minimum absolute atomic E-state index is 0.149. The van der Waals surface area contributed by atoms with Gasteiger partial charge in [0.25, 0.3) is 5.56 Å². The van der Waals surface area contributed by atoms with Gasteiger partial charge >= 0.3 is 0 Å². The summed E-state index contributed by atoms with van der Waals surface area (Å²) in [4.78, 5) is 12.1. The molecule has 0 N–H and O–H groups in total. The van der Waals surface area contributed by atoms with Crippen LogP contribution in [0.3, 0.4) is 0 Å². The number of aromatic nitrogens is 2. The molecule has 0 saturated heterocycles. The Balaban J connectivity index is 2.04. The minimum atomic E-state index is -0.149. The minimum Gasteiger partial charge on any atom is -0.497 e. The molecule has 0 unspecified atom stereocenters. The van der Waals surface area contributed by atoms with Crippen LogP contribution in [0.1, 0.15) is 5.56 Å². The molecule has 122 valence electrons. The Morgan fingerprint density at radius 3 is 2.46 bits per heavy atom. The molecule has 1 heterocycles. The highest BCUT2D eigenvalue weighted by molar-refractivity contribution is 5.68.